The Bertz CT molecular complexity index is 1100. The first-order chi connectivity index (χ1) is 16.9. The SMILES string of the molecule is CC(=O)C[C@@H]1[C@@]2(C)C=C(C#N)C(=O)C(C)(C)[C@@H]2CC[C@@]1(C)[C@]1(C)CC[C@@]2(C(=O)Cl)CCC(C)(C)CC2C1. The molecule has 0 aromatic heterocycles. The highest BCUT2D eigenvalue weighted by Crippen LogP contribution is 2.72. The molecule has 3 saturated carbocycles. The Labute approximate surface area is 229 Å². The fourth-order valence-electron chi connectivity index (χ4n) is 9.97. The summed E-state index contributed by atoms with van der Waals surface area (Å²) in [4.78, 5) is 39.0. The van der Waals surface area contributed by atoms with Gasteiger partial charge in [0.2, 0.25) is 5.24 Å². The van der Waals surface area contributed by atoms with E-state index in [9.17, 15) is 19.6 Å². The first kappa shape index (κ1) is 28.5. The average molecular weight is 528 g/mol. The molecule has 5 heteroatoms. The van der Waals surface area contributed by atoms with Crippen molar-refractivity contribution >= 4 is 28.4 Å². The number of carbonyl (C=O) groups is 3. The Balaban J connectivity index is 1.82. The van der Waals surface area contributed by atoms with Gasteiger partial charge in [-0.15, -0.1) is 0 Å². The maximum absolute atomic E-state index is 13.2. The Kier molecular flexibility index (Phi) is 6.76. The zero-order valence-corrected chi connectivity index (χ0v) is 25.0. The second-order valence-electron chi connectivity index (χ2n) is 15.3. The second kappa shape index (κ2) is 8.77. The molecule has 0 aromatic rings. The highest BCUT2D eigenvalue weighted by Gasteiger charge is 2.66. The molecule has 4 nitrogen and oxygen atoms in total. The lowest BCUT2D eigenvalue weighted by molar-refractivity contribution is -0.178. The van der Waals surface area contributed by atoms with Crippen LogP contribution in [0.3, 0.4) is 0 Å². The van der Waals surface area contributed by atoms with Gasteiger partial charge < -0.3 is 4.79 Å². The fourth-order valence-corrected chi connectivity index (χ4v) is 10.3. The van der Waals surface area contributed by atoms with Crippen LogP contribution in [0, 0.1) is 61.6 Å². The molecule has 204 valence electrons. The number of nitrogens with zero attached hydrogens (tertiary/aromatic N) is 1. The molecule has 37 heavy (non-hydrogen) atoms. The maximum Gasteiger partial charge on any atom is 0.228 e. The molecule has 4 aliphatic rings. The molecule has 0 bridgehead atoms. The first-order valence-corrected chi connectivity index (χ1v) is 14.6. The van der Waals surface area contributed by atoms with Gasteiger partial charge in [-0.05, 0) is 109 Å². The van der Waals surface area contributed by atoms with E-state index in [2.05, 4.69) is 40.7 Å². The minimum Gasteiger partial charge on any atom is -0.300 e. The van der Waals surface area contributed by atoms with Crippen molar-refractivity contribution in [2.75, 3.05) is 0 Å². The van der Waals surface area contributed by atoms with Gasteiger partial charge in [0, 0.05) is 17.3 Å². The summed E-state index contributed by atoms with van der Waals surface area (Å²) in [5.74, 6) is 0.401. The number of carbonyl (C=O) groups excluding carboxylic acids is 3. The average Bonchev–Trinajstić information content (AvgIpc) is 2.78. The van der Waals surface area contributed by atoms with Crippen LogP contribution >= 0.6 is 11.6 Å². The van der Waals surface area contributed by atoms with E-state index >= 15 is 0 Å². The monoisotopic (exact) mass is 527 g/mol. The number of halogens is 1. The summed E-state index contributed by atoms with van der Waals surface area (Å²) >= 11 is 6.36. The van der Waals surface area contributed by atoms with Crippen molar-refractivity contribution in [1.29, 1.82) is 5.26 Å². The van der Waals surface area contributed by atoms with E-state index < -0.39 is 16.2 Å². The number of nitriles is 1. The molecule has 0 N–H and O–H groups in total. The van der Waals surface area contributed by atoms with Gasteiger partial charge in [0.25, 0.3) is 0 Å². The predicted octanol–water partition coefficient (Wildman–Crippen LogP) is 7.83. The van der Waals surface area contributed by atoms with Crippen LogP contribution in [-0.2, 0) is 14.4 Å². The van der Waals surface area contributed by atoms with Crippen LogP contribution in [0.2, 0.25) is 0 Å². The van der Waals surface area contributed by atoms with Gasteiger partial charge >= 0.3 is 0 Å². The molecular weight excluding hydrogens is 482 g/mol. The third-order valence-corrected chi connectivity index (χ3v) is 12.8. The molecule has 1 unspecified atom stereocenters. The van der Waals surface area contributed by atoms with Crippen LogP contribution in [0.15, 0.2) is 11.6 Å². The smallest absolute Gasteiger partial charge is 0.228 e. The molecule has 0 saturated heterocycles. The van der Waals surface area contributed by atoms with Gasteiger partial charge in [-0.25, -0.2) is 0 Å². The number of ketones is 2. The van der Waals surface area contributed by atoms with Crippen LogP contribution in [-0.4, -0.2) is 16.8 Å². The van der Waals surface area contributed by atoms with Crippen molar-refractivity contribution in [3.05, 3.63) is 11.6 Å². The molecular formula is C32H46ClNO3. The van der Waals surface area contributed by atoms with E-state index in [-0.39, 0.29) is 56.4 Å². The molecule has 0 aliphatic heterocycles. The van der Waals surface area contributed by atoms with Gasteiger partial charge in [0.05, 0.1) is 5.57 Å². The van der Waals surface area contributed by atoms with Crippen LogP contribution in [0.25, 0.3) is 0 Å². The van der Waals surface area contributed by atoms with Crippen LogP contribution in [0.1, 0.15) is 113 Å². The second-order valence-corrected chi connectivity index (χ2v) is 15.7. The molecule has 0 amide bonds. The van der Waals surface area contributed by atoms with Crippen LogP contribution < -0.4 is 0 Å². The van der Waals surface area contributed by atoms with Gasteiger partial charge in [-0.1, -0.05) is 54.5 Å². The summed E-state index contributed by atoms with van der Waals surface area (Å²) in [7, 11) is 0. The minimum atomic E-state index is -0.647. The van der Waals surface area contributed by atoms with Crippen LogP contribution in [0.5, 0.6) is 0 Å². The summed E-state index contributed by atoms with van der Waals surface area (Å²) < 4.78 is 0. The van der Waals surface area contributed by atoms with Crippen molar-refractivity contribution in [1.82, 2.24) is 0 Å². The van der Waals surface area contributed by atoms with Crippen molar-refractivity contribution in [2.45, 2.75) is 113 Å². The van der Waals surface area contributed by atoms with E-state index in [1.807, 2.05) is 19.9 Å². The molecule has 0 radical (unpaired) electrons. The lowest BCUT2D eigenvalue weighted by Gasteiger charge is -2.67. The van der Waals surface area contributed by atoms with Crippen molar-refractivity contribution in [2.24, 2.45) is 50.2 Å². The predicted molar refractivity (Wildman–Crippen MR) is 147 cm³/mol. The lowest BCUT2D eigenvalue weighted by Crippen LogP contribution is -2.62. The largest absolute Gasteiger partial charge is 0.300 e. The van der Waals surface area contributed by atoms with E-state index in [1.165, 1.54) is 0 Å². The normalized spacial score (nSPS) is 44.6. The number of rotatable bonds is 4. The van der Waals surface area contributed by atoms with Gasteiger partial charge in [0.15, 0.2) is 5.78 Å². The Morgan fingerprint density at radius 1 is 1.00 bits per heavy atom. The quantitative estimate of drug-likeness (QED) is 0.349. The third kappa shape index (κ3) is 4.09. The number of allylic oxidation sites excluding steroid dienone is 2. The third-order valence-electron chi connectivity index (χ3n) is 12.4. The molecule has 0 spiro atoms. The summed E-state index contributed by atoms with van der Waals surface area (Å²) in [5, 5.41) is 9.74. The number of fused-ring (bicyclic) bond motifs is 2. The highest BCUT2D eigenvalue weighted by atomic mass is 35.5. The van der Waals surface area contributed by atoms with E-state index in [4.69, 9.17) is 11.6 Å². The Hall–Kier alpha value is -1.47. The fraction of sp³-hybridized carbons (Fsp3) is 0.812. The Morgan fingerprint density at radius 3 is 2.19 bits per heavy atom. The summed E-state index contributed by atoms with van der Waals surface area (Å²) in [6, 6.07) is 2.20. The molecule has 3 fully saturated rings. The van der Waals surface area contributed by atoms with Gasteiger partial charge in [-0.2, -0.15) is 5.26 Å². The maximum atomic E-state index is 13.2. The zero-order chi connectivity index (χ0) is 27.8. The Morgan fingerprint density at radius 2 is 1.62 bits per heavy atom. The molecule has 7 atom stereocenters. The zero-order valence-electron chi connectivity index (χ0n) is 24.2. The van der Waals surface area contributed by atoms with Gasteiger partial charge in [-0.3, -0.25) is 9.59 Å². The van der Waals surface area contributed by atoms with Crippen molar-refractivity contribution in [3.8, 4) is 6.07 Å². The topological polar surface area (TPSA) is 75.0 Å². The molecule has 0 aromatic carbocycles. The molecule has 4 aliphatic carbocycles. The number of hydrogen-bond acceptors (Lipinski definition) is 4. The highest BCUT2D eigenvalue weighted by molar-refractivity contribution is 6.64. The number of hydrogen-bond donors (Lipinski definition) is 0. The molecule has 4 rings (SSSR count). The summed E-state index contributed by atoms with van der Waals surface area (Å²) in [5.41, 5.74) is -1.35. The summed E-state index contributed by atoms with van der Waals surface area (Å²) in [6.07, 6.45) is 9.73. The van der Waals surface area contributed by atoms with Crippen molar-refractivity contribution < 1.29 is 14.4 Å². The lowest BCUT2D eigenvalue weighted by atomic mass is 9.36. The van der Waals surface area contributed by atoms with Crippen molar-refractivity contribution in [3.63, 3.8) is 0 Å². The molecule has 0 heterocycles. The van der Waals surface area contributed by atoms with Crippen LogP contribution in [0.4, 0.5) is 0 Å². The summed E-state index contributed by atoms with van der Waals surface area (Å²) in [6.45, 7) is 17.2. The standard InChI is InChI=1S/C32H46ClNO3/c1-20(35)15-24-30(7)16-21(19-34)25(36)28(4,5)23(30)9-10-31(24,8)29(6)12-14-32(26(33)37)13-11-27(2,3)17-22(32)18-29/h16,22-24H,9-15,17-18H2,1-8H3/t22?,23-,24+,29+,30-,31+,32-/m0/s1. The first-order valence-electron chi connectivity index (χ1n) is 14.3. The minimum absolute atomic E-state index is 0.00720. The van der Waals surface area contributed by atoms with Gasteiger partial charge in [0.1, 0.15) is 11.9 Å². The van der Waals surface area contributed by atoms with E-state index in [0.29, 0.717) is 6.42 Å². The van der Waals surface area contributed by atoms with E-state index in [0.717, 1.165) is 51.4 Å². The van der Waals surface area contributed by atoms with E-state index in [1.54, 1.807) is 6.92 Å². The number of Topliss-reactive ketones (excluding diaryl/α,β-unsaturated/α-hetero) is 2.